The summed E-state index contributed by atoms with van der Waals surface area (Å²) in [5, 5.41) is 8.83. The Morgan fingerprint density at radius 1 is 1.35 bits per heavy atom. The topological polar surface area (TPSA) is 65.4 Å². The third kappa shape index (κ3) is 2.22. The van der Waals surface area contributed by atoms with Crippen LogP contribution in [0.5, 0.6) is 0 Å². The summed E-state index contributed by atoms with van der Waals surface area (Å²) in [7, 11) is 0. The highest BCUT2D eigenvalue weighted by Crippen LogP contribution is 2.18. The van der Waals surface area contributed by atoms with Crippen LogP contribution in [-0.4, -0.2) is 15.0 Å². The monoisotopic (exact) mass is 242 g/mol. The van der Waals surface area contributed by atoms with Crippen molar-refractivity contribution < 1.29 is 0 Å². The number of hydrogen-bond donors (Lipinski definition) is 1. The number of nitriles is 1. The van der Waals surface area contributed by atoms with Gasteiger partial charge in [0, 0.05) is 23.7 Å². The summed E-state index contributed by atoms with van der Waals surface area (Å²) >= 11 is 5.23. The van der Waals surface area contributed by atoms with Gasteiger partial charge < -0.3 is 4.98 Å². The molecule has 2 aromatic heterocycles. The van der Waals surface area contributed by atoms with Crippen molar-refractivity contribution in [1.29, 1.82) is 5.26 Å². The van der Waals surface area contributed by atoms with Gasteiger partial charge in [0.2, 0.25) is 0 Å². The van der Waals surface area contributed by atoms with Crippen LogP contribution in [-0.2, 0) is 0 Å². The third-order valence-electron chi connectivity index (χ3n) is 2.48. The normalized spacial score (nSPS) is 9.94. The lowest BCUT2D eigenvalue weighted by Gasteiger charge is -2.05. The number of nitrogens with one attached hydrogen (secondary N) is 1. The van der Waals surface area contributed by atoms with E-state index in [1.54, 1.807) is 12.3 Å². The third-order valence-corrected chi connectivity index (χ3v) is 2.77. The smallest absolute Gasteiger partial charge is 0.130 e. The number of nitrogens with zero attached hydrogens (tertiary/aromatic N) is 3. The summed E-state index contributed by atoms with van der Waals surface area (Å²) < 4.78 is 0.560. The Labute approximate surface area is 104 Å². The van der Waals surface area contributed by atoms with Gasteiger partial charge >= 0.3 is 0 Å². The van der Waals surface area contributed by atoms with E-state index in [2.05, 4.69) is 15.0 Å². The van der Waals surface area contributed by atoms with Crippen molar-refractivity contribution in [3.8, 4) is 17.3 Å². The molecule has 1 N–H and O–H groups in total. The SMILES string of the molecule is Cc1nc(-c2cncc(C#N)c2)c(=S)[nH]c1C. The van der Waals surface area contributed by atoms with Gasteiger partial charge in [-0.15, -0.1) is 0 Å². The van der Waals surface area contributed by atoms with Gasteiger partial charge in [-0.2, -0.15) is 5.26 Å². The lowest BCUT2D eigenvalue weighted by molar-refractivity contribution is 1.04. The minimum atomic E-state index is 0.497. The van der Waals surface area contributed by atoms with E-state index in [9.17, 15) is 0 Å². The fraction of sp³-hybridized carbons (Fsp3) is 0.167. The molecular weight excluding hydrogens is 232 g/mol. The van der Waals surface area contributed by atoms with E-state index in [1.807, 2.05) is 19.9 Å². The van der Waals surface area contributed by atoms with Crippen LogP contribution < -0.4 is 0 Å². The van der Waals surface area contributed by atoms with Gasteiger partial charge in [-0.05, 0) is 19.9 Å². The standard InChI is InChI=1S/C12H10N4S/c1-7-8(2)16-12(17)11(15-7)10-3-9(4-13)5-14-6-10/h3,5-6H,1-2H3,(H,16,17). The molecule has 0 radical (unpaired) electrons. The van der Waals surface area contributed by atoms with E-state index in [-0.39, 0.29) is 0 Å². The van der Waals surface area contributed by atoms with Crippen LogP contribution in [0.25, 0.3) is 11.3 Å². The van der Waals surface area contributed by atoms with Crippen LogP contribution in [0.15, 0.2) is 18.5 Å². The quantitative estimate of drug-likeness (QED) is 0.781. The second-order valence-electron chi connectivity index (χ2n) is 3.70. The molecule has 84 valence electrons. The molecule has 0 saturated heterocycles. The number of rotatable bonds is 1. The highest BCUT2D eigenvalue weighted by atomic mass is 32.1. The molecule has 0 unspecified atom stereocenters. The molecule has 0 aliphatic carbocycles. The van der Waals surface area contributed by atoms with Gasteiger partial charge in [0.15, 0.2) is 0 Å². The van der Waals surface area contributed by atoms with Crippen molar-refractivity contribution in [1.82, 2.24) is 15.0 Å². The fourth-order valence-corrected chi connectivity index (χ4v) is 1.77. The van der Waals surface area contributed by atoms with Crippen LogP contribution in [0.3, 0.4) is 0 Å². The first kappa shape index (κ1) is 11.4. The molecule has 2 rings (SSSR count). The zero-order valence-electron chi connectivity index (χ0n) is 9.48. The number of H-pyrrole nitrogens is 1. The predicted octanol–water partition coefficient (Wildman–Crippen LogP) is 2.69. The van der Waals surface area contributed by atoms with Gasteiger partial charge in [-0.3, -0.25) is 4.98 Å². The average molecular weight is 242 g/mol. The van der Waals surface area contributed by atoms with E-state index < -0.39 is 0 Å². The lowest BCUT2D eigenvalue weighted by atomic mass is 10.1. The first-order chi connectivity index (χ1) is 8.11. The first-order valence-electron chi connectivity index (χ1n) is 5.05. The Balaban J connectivity index is 2.65. The molecule has 5 heteroatoms. The average Bonchev–Trinajstić information content (AvgIpc) is 2.34. The van der Waals surface area contributed by atoms with Crippen LogP contribution in [0, 0.1) is 29.8 Å². The van der Waals surface area contributed by atoms with Gasteiger partial charge in [-0.1, -0.05) is 12.2 Å². The highest BCUT2D eigenvalue weighted by molar-refractivity contribution is 7.71. The zero-order chi connectivity index (χ0) is 12.4. The molecule has 0 saturated carbocycles. The van der Waals surface area contributed by atoms with E-state index >= 15 is 0 Å². The van der Waals surface area contributed by atoms with Gasteiger partial charge in [-0.25, -0.2) is 4.98 Å². The highest BCUT2D eigenvalue weighted by Gasteiger charge is 2.06. The zero-order valence-corrected chi connectivity index (χ0v) is 10.3. The maximum atomic E-state index is 8.83. The molecule has 17 heavy (non-hydrogen) atoms. The lowest BCUT2D eigenvalue weighted by Crippen LogP contribution is -1.96. The van der Waals surface area contributed by atoms with E-state index in [1.165, 1.54) is 6.20 Å². The molecule has 0 atom stereocenters. The summed E-state index contributed by atoms with van der Waals surface area (Å²) in [6.07, 6.45) is 3.17. The Morgan fingerprint density at radius 3 is 2.82 bits per heavy atom. The Kier molecular flexibility index (Phi) is 2.98. The van der Waals surface area contributed by atoms with E-state index in [0.717, 1.165) is 17.0 Å². The van der Waals surface area contributed by atoms with Crippen molar-refractivity contribution in [3.63, 3.8) is 0 Å². The van der Waals surface area contributed by atoms with Gasteiger partial charge in [0.05, 0.1) is 11.3 Å². The van der Waals surface area contributed by atoms with Crippen molar-refractivity contribution in [2.24, 2.45) is 0 Å². The van der Waals surface area contributed by atoms with Gasteiger partial charge in [0.25, 0.3) is 0 Å². The van der Waals surface area contributed by atoms with Crippen LogP contribution in [0.4, 0.5) is 0 Å². The first-order valence-corrected chi connectivity index (χ1v) is 5.45. The van der Waals surface area contributed by atoms with E-state index in [4.69, 9.17) is 17.5 Å². The summed E-state index contributed by atoms with van der Waals surface area (Å²) in [6, 6.07) is 3.78. The summed E-state index contributed by atoms with van der Waals surface area (Å²) in [6.45, 7) is 3.83. The molecule has 0 aromatic carbocycles. The molecule has 0 fully saturated rings. The number of aromatic amines is 1. The fourth-order valence-electron chi connectivity index (χ4n) is 1.45. The maximum absolute atomic E-state index is 8.83. The van der Waals surface area contributed by atoms with Gasteiger partial charge in [0.1, 0.15) is 16.4 Å². The molecule has 2 heterocycles. The second kappa shape index (κ2) is 4.44. The summed E-state index contributed by atoms with van der Waals surface area (Å²) in [5.74, 6) is 0. The van der Waals surface area contributed by atoms with Crippen LogP contribution >= 0.6 is 12.2 Å². The van der Waals surface area contributed by atoms with Crippen molar-refractivity contribution in [3.05, 3.63) is 40.1 Å². The number of pyridine rings is 1. The number of aromatic nitrogens is 3. The molecule has 0 aliphatic rings. The molecule has 0 bridgehead atoms. The van der Waals surface area contributed by atoms with E-state index in [0.29, 0.717) is 15.9 Å². The molecule has 2 aromatic rings. The molecule has 0 spiro atoms. The van der Waals surface area contributed by atoms with Crippen molar-refractivity contribution in [2.75, 3.05) is 0 Å². The van der Waals surface area contributed by atoms with Crippen LogP contribution in [0.1, 0.15) is 17.0 Å². The Bertz CT molecular complexity index is 667. The largest absolute Gasteiger partial charge is 0.347 e. The predicted molar refractivity (Wildman–Crippen MR) is 66.8 cm³/mol. The van der Waals surface area contributed by atoms with Crippen molar-refractivity contribution in [2.45, 2.75) is 13.8 Å². The summed E-state index contributed by atoms with van der Waals surface area (Å²) in [4.78, 5) is 11.5. The molecule has 0 aliphatic heterocycles. The molecule has 0 amide bonds. The second-order valence-corrected chi connectivity index (χ2v) is 4.11. The molecule has 4 nitrogen and oxygen atoms in total. The Morgan fingerprint density at radius 2 is 2.12 bits per heavy atom. The minimum absolute atomic E-state index is 0.497. The summed E-state index contributed by atoms with van der Waals surface area (Å²) in [5.41, 5.74) is 3.75. The Hall–Kier alpha value is -2.06. The number of aryl methyl sites for hydroxylation is 2. The number of hydrogen-bond acceptors (Lipinski definition) is 4. The maximum Gasteiger partial charge on any atom is 0.130 e. The van der Waals surface area contributed by atoms with Crippen LogP contribution in [0.2, 0.25) is 0 Å². The van der Waals surface area contributed by atoms with Crippen molar-refractivity contribution >= 4 is 12.2 Å². The molecular formula is C12H10N4S. The minimum Gasteiger partial charge on any atom is -0.347 e.